The maximum atomic E-state index is 12.3. The van der Waals surface area contributed by atoms with Gasteiger partial charge in [-0.3, -0.25) is 4.57 Å². The lowest BCUT2D eigenvalue weighted by atomic mass is 9.97. The summed E-state index contributed by atoms with van der Waals surface area (Å²) in [5, 5.41) is 16.0. The fourth-order valence-corrected chi connectivity index (χ4v) is 4.98. The largest absolute Gasteiger partial charge is 0.387 e. The second-order valence-corrected chi connectivity index (χ2v) is 8.55. The van der Waals surface area contributed by atoms with Gasteiger partial charge in [0.05, 0.1) is 17.1 Å². The van der Waals surface area contributed by atoms with E-state index in [-0.39, 0.29) is 17.8 Å². The molecule has 3 heterocycles. The van der Waals surface area contributed by atoms with Gasteiger partial charge in [-0.25, -0.2) is 4.79 Å². The van der Waals surface area contributed by atoms with Crippen molar-refractivity contribution in [2.24, 2.45) is 0 Å². The highest BCUT2D eigenvalue weighted by molar-refractivity contribution is 5.84. The van der Waals surface area contributed by atoms with Crippen molar-refractivity contribution in [3.63, 3.8) is 0 Å². The average Bonchev–Trinajstić information content (AvgIpc) is 3.18. The van der Waals surface area contributed by atoms with Gasteiger partial charge in [0.25, 0.3) is 0 Å². The van der Waals surface area contributed by atoms with Crippen LogP contribution in [0.1, 0.15) is 42.7 Å². The number of para-hydroxylation sites is 2. The number of rotatable bonds is 5. The zero-order valence-corrected chi connectivity index (χ0v) is 17.4. The van der Waals surface area contributed by atoms with Crippen LogP contribution >= 0.6 is 0 Å². The predicted octanol–water partition coefficient (Wildman–Crippen LogP) is 3.54. The highest BCUT2D eigenvalue weighted by Crippen LogP contribution is 2.30. The summed E-state index contributed by atoms with van der Waals surface area (Å²) < 4.78 is 1.76. The predicted molar refractivity (Wildman–Crippen MR) is 120 cm³/mol. The Morgan fingerprint density at radius 2 is 1.97 bits per heavy atom. The molecule has 3 atom stereocenters. The molecular weight excluding hydrogens is 376 g/mol. The number of aromatic amines is 2. The monoisotopic (exact) mass is 404 g/mol. The number of nitrogens with one attached hydrogen (secondary N) is 3. The summed E-state index contributed by atoms with van der Waals surface area (Å²) in [5.41, 5.74) is 6.12. The third-order valence-electron chi connectivity index (χ3n) is 6.54. The number of aryl methyl sites for hydroxylation is 3. The van der Waals surface area contributed by atoms with E-state index in [0.29, 0.717) is 13.0 Å². The Labute approximate surface area is 174 Å². The fraction of sp³-hybridized carbons (Fsp3) is 0.375. The molecule has 0 aliphatic carbocycles. The molecule has 4 N–H and O–H groups in total. The van der Waals surface area contributed by atoms with Crippen LogP contribution in [0, 0.1) is 6.92 Å². The smallest absolute Gasteiger partial charge is 0.326 e. The Bertz CT molecular complexity index is 1270. The normalized spacial score (nSPS) is 20.0. The van der Waals surface area contributed by atoms with Crippen LogP contribution < -0.4 is 11.0 Å². The molecule has 2 aromatic heterocycles. The van der Waals surface area contributed by atoms with Crippen molar-refractivity contribution in [2.75, 3.05) is 0 Å². The lowest BCUT2D eigenvalue weighted by molar-refractivity contribution is 0.119. The second kappa shape index (κ2) is 7.45. The van der Waals surface area contributed by atoms with Crippen LogP contribution in [-0.2, 0) is 13.0 Å². The molecule has 2 aromatic carbocycles. The summed E-state index contributed by atoms with van der Waals surface area (Å²) in [6.45, 7) is 4.91. The molecule has 6 nitrogen and oxygen atoms in total. The molecule has 0 saturated heterocycles. The van der Waals surface area contributed by atoms with E-state index in [2.05, 4.69) is 53.4 Å². The lowest BCUT2D eigenvalue weighted by Gasteiger charge is -2.26. The molecule has 156 valence electrons. The third-order valence-corrected chi connectivity index (χ3v) is 6.54. The van der Waals surface area contributed by atoms with Crippen LogP contribution in [0.3, 0.4) is 0 Å². The molecule has 0 bridgehead atoms. The molecule has 0 saturated carbocycles. The van der Waals surface area contributed by atoms with Gasteiger partial charge in [-0.05, 0) is 50.8 Å². The Kier molecular flexibility index (Phi) is 4.76. The topological polar surface area (TPSA) is 85.8 Å². The summed E-state index contributed by atoms with van der Waals surface area (Å²) in [6.07, 6.45) is 2.01. The Hall–Kier alpha value is -2.83. The molecule has 5 rings (SSSR count). The van der Waals surface area contributed by atoms with Crippen LogP contribution in [0.2, 0.25) is 0 Å². The summed E-state index contributed by atoms with van der Waals surface area (Å²) in [5.74, 6) is 0. The van der Waals surface area contributed by atoms with Crippen LogP contribution in [0.15, 0.2) is 47.3 Å². The number of fused-ring (bicyclic) bond motifs is 1. The Morgan fingerprint density at radius 3 is 2.83 bits per heavy atom. The first-order chi connectivity index (χ1) is 14.5. The number of aliphatic hydroxyl groups excluding tert-OH is 1. The number of benzene rings is 2. The zero-order valence-electron chi connectivity index (χ0n) is 17.4. The summed E-state index contributed by atoms with van der Waals surface area (Å²) in [4.78, 5) is 18.7. The van der Waals surface area contributed by atoms with E-state index >= 15 is 0 Å². The van der Waals surface area contributed by atoms with Gasteiger partial charge in [-0.15, -0.1) is 0 Å². The highest BCUT2D eigenvalue weighted by Gasteiger charge is 2.29. The minimum Gasteiger partial charge on any atom is -0.387 e. The minimum atomic E-state index is -0.644. The van der Waals surface area contributed by atoms with Gasteiger partial charge in [0, 0.05) is 40.8 Å². The molecular formula is C24H28N4O2. The fourth-order valence-electron chi connectivity index (χ4n) is 4.98. The number of nitrogens with zero attached hydrogens (tertiary/aromatic N) is 1. The van der Waals surface area contributed by atoms with E-state index in [0.717, 1.165) is 29.4 Å². The number of aromatic nitrogens is 3. The van der Waals surface area contributed by atoms with E-state index in [1.165, 1.54) is 22.2 Å². The van der Waals surface area contributed by atoms with Gasteiger partial charge in [-0.2, -0.15) is 0 Å². The molecule has 1 aliphatic heterocycles. The van der Waals surface area contributed by atoms with Gasteiger partial charge in [0.15, 0.2) is 0 Å². The number of hydrogen-bond donors (Lipinski definition) is 4. The molecule has 6 heteroatoms. The number of H-pyrrole nitrogens is 2. The van der Waals surface area contributed by atoms with Crippen molar-refractivity contribution in [1.82, 2.24) is 19.9 Å². The van der Waals surface area contributed by atoms with Crippen LogP contribution in [0.25, 0.3) is 21.9 Å². The molecule has 1 aliphatic rings. The summed E-state index contributed by atoms with van der Waals surface area (Å²) in [6, 6.07) is 14.3. The molecule has 0 radical (unpaired) electrons. The SMILES string of the molecule is Cc1[nH]c2ccccc2c1CCC(C)N[C@@H]1CCn2c(=O)[nH]c3cccc(c32)[C@H]1O. The zero-order chi connectivity index (χ0) is 20.8. The standard InChI is InChI=1S/C24H28N4O2/c1-14(10-11-16-15(2)26-19-8-4-3-6-17(16)19)25-21-12-13-28-22-18(23(21)29)7-5-9-20(22)27-24(28)30/h3-9,14,21,23,25-26,29H,10-13H2,1-2H3,(H,27,30)/t14?,21-,23-/m1/s1. The molecule has 30 heavy (non-hydrogen) atoms. The second-order valence-electron chi connectivity index (χ2n) is 8.55. The van der Waals surface area contributed by atoms with E-state index in [1.807, 2.05) is 18.2 Å². The number of aliphatic hydroxyl groups is 1. The van der Waals surface area contributed by atoms with Gasteiger partial charge < -0.3 is 20.4 Å². The highest BCUT2D eigenvalue weighted by atomic mass is 16.3. The van der Waals surface area contributed by atoms with Crippen LogP contribution in [0.5, 0.6) is 0 Å². The van der Waals surface area contributed by atoms with Crippen LogP contribution in [-0.4, -0.2) is 31.7 Å². The molecule has 0 fully saturated rings. The molecule has 0 amide bonds. The van der Waals surface area contributed by atoms with Crippen molar-refractivity contribution >= 4 is 21.9 Å². The van der Waals surface area contributed by atoms with E-state index in [1.54, 1.807) is 4.57 Å². The molecule has 0 spiro atoms. The minimum absolute atomic E-state index is 0.0889. The maximum Gasteiger partial charge on any atom is 0.326 e. The van der Waals surface area contributed by atoms with Gasteiger partial charge >= 0.3 is 5.69 Å². The maximum absolute atomic E-state index is 12.3. The van der Waals surface area contributed by atoms with E-state index < -0.39 is 6.10 Å². The first kappa shape index (κ1) is 19.2. The quantitative estimate of drug-likeness (QED) is 0.410. The molecule has 1 unspecified atom stereocenters. The van der Waals surface area contributed by atoms with Crippen molar-refractivity contribution < 1.29 is 5.11 Å². The summed E-state index contributed by atoms with van der Waals surface area (Å²) >= 11 is 0. The van der Waals surface area contributed by atoms with Crippen molar-refractivity contribution in [3.8, 4) is 0 Å². The van der Waals surface area contributed by atoms with Gasteiger partial charge in [-0.1, -0.05) is 30.3 Å². The van der Waals surface area contributed by atoms with Crippen molar-refractivity contribution in [2.45, 2.75) is 57.8 Å². The third kappa shape index (κ3) is 3.16. The Balaban J connectivity index is 1.32. The van der Waals surface area contributed by atoms with E-state index in [9.17, 15) is 9.90 Å². The number of imidazole rings is 1. The summed E-state index contributed by atoms with van der Waals surface area (Å²) in [7, 11) is 0. The van der Waals surface area contributed by atoms with Crippen LogP contribution in [0.4, 0.5) is 0 Å². The van der Waals surface area contributed by atoms with E-state index in [4.69, 9.17) is 0 Å². The Morgan fingerprint density at radius 1 is 1.17 bits per heavy atom. The number of hydrogen-bond acceptors (Lipinski definition) is 3. The van der Waals surface area contributed by atoms with Gasteiger partial charge in [0.1, 0.15) is 0 Å². The first-order valence-corrected chi connectivity index (χ1v) is 10.7. The first-order valence-electron chi connectivity index (χ1n) is 10.7. The van der Waals surface area contributed by atoms with Gasteiger partial charge in [0.2, 0.25) is 0 Å². The average molecular weight is 405 g/mol. The van der Waals surface area contributed by atoms with Crippen molar-refractivity contribution in [3.05, 3.63) is 69.8 Å². The van der Waals surface area contributed by atoms with Crippen molar-refractivity contribution in [1.29, 1.82) is 0 Å². The molecule has 4 aromatic rings. The lowest BCUT2D eigenvalue weighted by Crippen LogP contribution is -2.41.